The van der Waals surface area contributed by atoms with Crippen LogP contribution in [0, 0.1) is 13.8 Å². The lowest BCUT2D eigenvalue weighted by Crippen LogP contribution is -2.21. The van der Waals surface area contributed by atoms with E-state index >= 15 is 0 Å². The lowest BCUT2D eigenvalue weighted by molar-refractivity contribution is 0.0866. The summed E-state index contributed by atoms with van der Waals surface area (Å²) in [6.07, 6.45) is 1.44. The average Bonchev–Trinajstić information content (AvgIpc) is 3.06. The van der Waals surface area contributed by atoms with Crippen LogP contribution >= 0.6 is 0 Å². The van der Waals surface area contributed by atoms with E-state index in [-0.39, 0.29) is 18.3 Å². The molecule has 124 valence electrons. The molecule has 23 heavy (non-hydrogen) atoms. The predicted molar refractivity (Wildman–Crippen MR) is 81.1 cm³/mol. The number of nitrogens with one attached hydrogen (secondary N) is 1. The van der Waals surface area contributed by atoms with E-state index in [2.05, 4.69) is 25.5 Å². The first kappa shape index (κ1) is 16.6. The van der Waals surface area contributed by atoms with Crippen molar-refractivity contribution in [1.82, 2.24) is 24.8 Å². The van der Waals surface area contributed by atoms with Crippen molar-refractivity contribution in [2.75, 3.05) is 19.0 Å². The van der Waals surface area contributed by atoms with Crippen LogP contribution in [0.3, 0.4) is 0 Å². The highest BCUT2D eigenvalue weighted by atomic mass is 16.5. The van der Waals surface area contributed by atoms with E-state index in [1.807, 2.05) is 13.8 Å². The zero-order valence-corrected chi connectivity index (χ0v) is 13.2. The molecule has 2 heterocycles. The number of carbonyl (C=O) groups excluding carboxylic acids is 2. The second-order valence-electron chi connectivity index (χ2n) is 4.91. The SMILES string of the molecule is COC(=O)Nc1cn(CC(=O)n2nc(C)c(CCN)c2C)nn1. The Hall–Kier alpha value is -2.75. The second-order valence-corrected chi connectivity index (χ2v) is 4.91. The van der Waals surface area contributed by atoms with Crippen molar-refractivity contribution in [2.45, 2.75) is 26.8 Å². The van der Waals surface area contributed by atoms with Gasteiger partial charge in [-0.3, -0.25) is 10.1 Å². The zero-order chi connectivity index (χ0) is 17.0. The Kier molecular flexibility index (Phi) is 5.06. The van der Waals surface area contributed by atoms with Gasteiger partial charge in [0, 0.05) is 5.69 Å². The van der Waals surface area contributed by atoms with Gasteiger partial charge in [-0.25, -0.2) is 14.2 Å². The van der Waals surface area contributed by atoms with E-state index in [0.29, 0.717) is 13.0 Å². The van der Waals surface area contributed by atoms with Crippen molar-refractivity contribution < 1.29 is 14.3 Å². The third-order valence-corrected chi connectivity index (χ3v) is 3.32. The molecule has 2 aromatic heterocycles. The molecule has 0 radical (unpaired) electrons. The molecule has 0 aliphatic carbocycles. The number of amides is 1. The van der Waals surface area contributed by atoms with Gasteiger partial charge in [-0.2, -0.15) is 5.10 Å². The van der Waals surface area contributed by atoms with Crippen LogP contribution in [0.2, 0.25) is 0 Å². The van der Waals surface area contributed by atoms with E-state index < -0.39 is 6.09 Å². The summed E-state index contributed by atoms with van der Waals surface area (Å²) in [5.41, 5.74) is 8.11. The van der Waals surface area contributed by atoms with Crippen molar-refractivity contribution in [3.05, 3.63) is 23.1 Å². The summed E-state index contributed by atoms with van der Waals surface area (Å²) < 4.78 is 7.10. The number of anilines is 1. The predicted octanol–water partition coefficient (Wildman–Crippen LogP) is 0.111. The molecule has 2 rings (SSSR count). The minimum atomic E-state index is -0.659. The van der Waals surface area contributed by atoms with Crippen molar-refractivity contribution in [1.29, 1.82) is 0 Å². The second kappa shape index (κ2) is 7.01. The fourth-order valence-electron chi connectivity index (χ4n) is 2.22. The summed E-state index contributed by atoms with van der Waals surface area (Å²) in [7, 11) is 1.24. The summed E-state index contributed by atoms with van der Waals surface area (Å²) >= 11 is 0. The largest absolute Gasteiger partial charge is 0.453 e. The molecule has 1 amide bonds. The lowest BCUT2D eigenvalue weighted by atomic mass is 10.1. The number of aromatic nitrogens is 5. The fraction of sp³-hybridized carbons (Fsp3) is 0.462. The summed E-state index contributed by atoms with van der Waals surface area (Å²) in [5.74, 6) is -0.0646. The van der Waals surface area contributed by atoms with E-state index in [0.717, 1.165) is 17.0 Å². The van der Waals surface area contributed by atoms with Crippen LogP contribution in [0.1, 0.15) is 21.7 Å². The van der Waals surface area contributed by atoms with Gasteiger partial charge >= 0.3 is 6.09 Å². The molecule has 0 aliphatic rings. The molecule has 10 heteroatoms. The van der Waals surface area contributed by atoms with Crippen LogP contribution in [-0.2, 0) is 17.7 Å². The van der Waals surface area contributed by atoms with Crippen LogP contribution in [0.15, 0.2) is 6.20 Å². The fourth-order valence-corrected chi connectivity index (χ4v) is 2.22. The molecule has 10 nitrogen and oxygen atoms in total. The summed E-state index contributed by atoms with van der Waals surface area (Å²) in [6, 6.07) is 0. The number of carbonyl (C=O) groups is 2. The van der Waals surface area contributed by atoms with E-state index in [1.54, 1.807) is 0 Å². The topological polar surface area (TPSA) is 130 Å². The molecule has 0 atom stereocenters. The Morgan fingerprint density at radius 1 is 1.39 bits per heavy atom. The number of ether oxygens (including phenoxy) is 1. The van der Waals surface area contributed by atoms with Crippen molar-refractivity contribution in [2.24, 2.45) is 5.73 Å². The first-order chi connectivity index (χ1) is 11.0. The number of hydrogen-bond acceptors (Lipinski definition) is 7. The molecule has 2 aromatic rings. The van der Waals surface area contributed by atoms with Crippen LogP contribution in [0.5, 0.6) is 0 Å². The highest BCUT2D eigenvalue weighted by Crippen LogP contribution is 2.13. The van der Waals surface area contributed by atoms with Gasteiger partial charge in [0.25, 0.3) is 5.91 Å². The van der Waals surface area contributed by atoms with Gasteiger partial charge in [-0.1, -0.05) is 5.21 Å². The van der Waals surface area contributed by atoms with Gasteiger partial charge < -0.3 is 10.5 Å². The van der Waals surface area contributed by atoms with Crippen LogP contribution in [0.4, 0.5) is 10.6 Å². The van der Waals surface area contributed by atoms with E-state index in [4.69, 9.17) is 5.73 Å². The smallest absolute Gasteiger partial charge is 0.412 e. The number of aryl methyl sites for hydroxylation is 1. The van der Waals surface area contributed by atoms with E-state index in [9.17, 15) is 9.59 Å². The maximum Gasteiger partial charge on any atom is 0.412 e. The standard InChI is InChI=1S/C13H19N7O3/c1-8-10(4-5-14)9(2)20(17-8)12(21)7-19-6-11(16-18-19)15-13(22)23-3/h6H,4-5,7,14H2,1-3H3,(H,15,22). The molecule has 0 saturated heterocycles. The van der Waals surface area contributed by atoms with Gasteiger partial charge in [0.2, 0.25) is 0 Å². The Balaban J connectivity index is 2.10. The van der Waals surface area contributed by atoms with Gasteiger partial charge in [-0.15, -0.1) is 5.10 Å². The molecule has 0 aliphatic heterocycles. The molecule has 0 aromatic carbocycles. The minimum absolute atomic E-state index is 0.0557. The van der Waals surface area contributed by atoms with Crippen LogP contribution in [-0.4, -0.2) is 50.4 Å². The maximum absolute atomic E-state index is 12.4. The molecule has 0 spiro atoms. The number of nitrogens with two attached hydrogens (primary N) is 1. The highest BCUT2D eigenvalue weighted by molar-refractivity contribution is 5.83. The quantitative estimate of drug-likeness (QED) is 0.799. The number of methoxy groups -OCH3 is 1. The third kappa shape index (κ3) is 3.72. The summed E-state index contributed by atoms with van der Waals surface area (Å²) in [5, 5.41) is 14.1. The van der Waals surface area contributed by atoms with Crippen molar-refractivity contribution >= 4 is 17.8 Å². The monoisotopic (exact) mass is 321 g/mol. The first-order valence-corrected chi connectivity index (χ1v) is 6.99. The normalized spacial score (nSPS) is 10.6. The van der Waals surface area contributed by atoms with E-state index in [1.165, 1.54) is 22.7 Å². The number of nitrogens with zero attached hydrogens (tertiary/aromatic N) is 5. The zero-order valence-electron chi connectivity index (χ0n) is 13.2. The minimum Gasteiger partial charge on any atom is -0.453 e. The summed E-state index contributed by atoms with van der Waals surface area (Å²) in [4.78, 5) is 23.4. The molecule has 0 unspecified atom stereocenters. The third-order valence-electron chi connectivity index (χ3n) is 3.32. The Labute approximate surface area is 132 Å². The Morgan fingerprint density at radius 2 is 2.13 bits per heavy atom. The summed E-state index contributed by atoms with van der Waals surface area (Å²) in [6.45, 7) is 4.11. The molecule has 3 N–H and O–H groups in total. The Morgan fingerprint density at radius 3 is 2.78 bits per heavy atom. The van der Waals surface area contributed by atoms with Gasteiger partial charge in [0.15, 0.2) is 5.82 Å². The highest BCUT2D eigenvalue weighted by Gasteiger charge is 2.17. The Bertz CT molecular complexity index is 719. The van der Waals surface area contributed by atoms with Crippen molar-refractivity contribution in [3.63, 3.8) is 0 Å². The maximum atomic E-state index is 12.4. The molecular weight excluding hydrogens is 302 g/mol. The van der Waals surface area contributed by atoms with Gasteiger partial charge in [-0.05, 0) is 32.4 Å². The van der Waals surface area contributed by atoms with Crippen LogP contribution < -0.4 is 11.1 Å². The number of rotatable bonds is 5. The molecular formula is C13H19N7O3. The van der Waals surface area contributed by atoms with Gasteiger partial charge in [0.05, 0.1) is 19.0 Å². The van der Waals surface area contributed by atoms with Crippen LogP contribution in [0.25, 0.3) is 0 Å². The molecule has 0 fully saturated rings. The average molecular weight is 321 g/mol. The first-order valence-electron chi connectivity index (χ1n) is 6.99. The molecule has 0 saturated carbocycles. The lowest BCUT2D eigenvalue weighted by Gasteiger charge is -2.04. The number of hydrogen-bond donors (Lipinski definition) is 2. The van der Waals surface area contributed by atoms with Crippen molar-refractivity contribution in [3.8, 4) is 0 Å². The molecule has 0 bridgehead atoms. The van der Waals surface area contributed by atoms with Gasteiger partial charge in [0.1, 0.15) is 6.54 Å².